The molecule has 0 fully saturated rings. The zero-order valence-corrected chi connectivity index (χ0v) is 26.2. The molecule has 0 unspecified atom stereocenters. The van der Waals surface area contributed by atoms with Gasteiger partial charge < -0.3 is 9.32 Å². The minimum atomic E-state index is 0.884. The summed E-state index contributed by atoms with van der Waals surface area (Å²) >= 11 is 1.85. The standard InChI is InChI=1S/C44H27NOS/c1-3-12-33-28(9-1)11-7-15-34(33)30-19-22-31(23-20-30)45(40-17-8-16-39-37-14-5-6-18-42(37)47-44(39)40)32-24-26-36-38-25-21-29-10-2-4-13-35(29)43(38)46-41(36)27-32/h1-27H. The fourth-order valence-corrected chi connectivity index (χ4v) is 8.44. The Hall–Kier alpha value is -5.90. The molecule has 0 aliphatic rings. The van der Waals surface area contributed by atoms with Gasteiger partial charge in [-0.15, -0.1) is 11.3 Å². The SMILES string of the molecule is c1ccc2c(-c3ccc(N(c4ccc5c(c4)oc4c6ccccc6ccc54)c4cccc5c4sc4ccccc45)cc3)cccc2c1. The van der Waals surface area contributed by atoms with Crippen LogP contribution in [0.2, 0.25) is 0 Å². The number of thiophene rings is 1. The van der Waals surface area contributed by atoms with Gasteiger partial charge in [0, 0.05) is 49.1 Å². The lowest BCUT2D eigenvalue weighted by Crippen LogP contribution is -2.10. The Morgan fingerprint density at radius 3 is 1.98 bits per heavy atom. The number of benzene rings is 8. The van der Waals surface area contributed by atoms with Crippen LogP contribution in [0.3, 0.4) is 0 Å². The maximum atomic E-state index is 6.66. The second kappa shape index (κ2) is 10.3. The number of furan rings is 1. The molecule has 220 valence electrons. The molecule has 0 spiro atoms. The van der Waals surface area contributed by atoms with E-state index in [-0.39, 0.29) is 0 Å². The summed E-state index contributed by atoms with van der Waals surface area (Å²) in [6, 6.07) is 59.0. The van der Waals surface area contributed by atoms with Crippen molar-refractivity contribution in [2.45, 2.75) is 0 Å². The van der Waals surface area contributed by atoms with Crippen LogP contribution in [0.1, 0.15) is 0 Å². The monoisotopic (exact) mass is 617 g/mol. The minimum Gasteiger partial charge on any atom is -0.455 e. The van der Waals surface area contributed by atoms with Crippen LogP contribution in [0.5, 0.6) is 0 Å². The molecule has 2 nitrogen and oxygen atoms in total. The van der Waals surface area contributed by atoms with Gasteiger partial charge in [0.2, 0.25) is 0 Å². The summed E-state index contributed by atoms with van der Waals surface area (Å²) < 4.78 is 9.22. The molecular formula is C44H27NOS. The fraction of sp³-hybridized carbons (Fsp3) is 0. The van der Waals surface area contributed by atoms with Crippen molar-refractivity contribution in [3.05, 3.63) is 164 Å². The van der Waals surface area contributed by atoms with E-state index in [9.17, 15) is 0 Å². The van der Waals surface area contributed by atoms with E-state index >= 15 is 0 Å². The Labute approximate surface area is 275 Å². The number of anilines is 3. The first-order valence-electron chi connectivity index (χ1n) is 15.9. The average Bonchev–Trinajstić information content (AvgIpc) is 3.71. The van der Waals surface area contributed by atoms with Crippen LogP contribution in [-0.2, 0) is 0 Å². The highest BCUT2D eigenvalue weighted by Crippen LogP contribution is 2.46. The molecular weight excluding hydrogens is 591 g/mol. The van der Waals surface area contributed by atoms with Gasteiger partial charge in [0.1, 0.15) is 11.2 Å². The zero-order valence-electron chi connectivity index (χ0n) is 25.4. The summed E-state index contributed by atoms with van der Waals surface area (Å²) in [4.78, 5) is 2.38. The quantitative estimate of drug-likeness (QED) is 0.195. The molecule has 2 aromatic heterocycles. The summed E-state index contributed by atoms with van der Waals surface area (Å²) in [7, 11) is 0. The summed E-state index contributed by atoms with van der Waals surface area (Å²) in [5.41, 5.74) is 7.57. The van der Waals surface area contributed by atoms with Crippen molar-refractivity contribution in [2.24, 2.45) is 0 Å². The molecule has 0 atom stereocenters. The van der Waals surface area contributed by atoms with Crippen LogP contribution >= 0.6 is 11.3 Å². The maximum Gasteiger partial charge on any atom is 0.143 e. The number of hydrogen-bond acceptors (Lipinski definition) is 3. The van der Waals surface area contributed by atoms with Crippen molar-refractivity contribution >= 4 is 92.1 Å². The molecule has 0 amide bonds. The normalized spacial score (nSPS) is 11.8. The first-order valence-corrected chi connectivity index (χ1v) is 16.7. The van der Waals surface area contributed by atoms with Gasteiger partial charge in [-0.25, -0.2) is 0 Å². The molecule has 0 saturated carbocycles. The predicted molar refractivity (Wildman–Crippen MR) is 202 cm³/mol. The third kappa shape index (κ3) is 4.10. The third-order valence-corrected chi connectivity index (χ3v) is 10.7. The van der Waals surface area contributed by atoms with Crippen molar-refractivity contribution in [3.63, 3.8) is 0 Å². The molecule has 0 saturated heterocycles. The number of rotatable bonds is 4. The van der Waals surface area contributed by atoms with Crippen LogP contribution in [0.25, 0.3) is 74.8 Å². The summed E-state index contributed by atoms with van der Waals surface area (Å²) in [5.74, 6) is 0. The van der Waals surface area contributed by atoms with Crippen molar-refractivity contribution in [3.8, 4) is 11.1 Å². The second-order valence-electron chi connectivity index (χ2n) is 12.1. The number of nitrogens with zero attached hydrogens (tertiary/aromatic N) is 1. The lowest BCUT2D eigenvalue weighted by molar-refractivity contribution is 0.673. The van der Waals surface area contributed by atoms with Crippen LogP contribution in [0, 0.1) is 0 Å². The highest BCUT2D eigenvalue weighted by molar-refractivity contribution is 7.26. The molecule has 3 heteroatoms. The number of hydrogen-bond donors (Lipinski definition) is 0. The molecule has 10 aromatic rings. The van der Waals surface area contributed by atoms with Gasteiger partial charge in [0.05, 0.1) is 10.4 Å². The summed E-state index contributed by atoms with van der Waals surface area (Å²) in [6.45, 7) is 0. The van der Waals surface area contributed by atoms with E-state index in [1.807, 2.05) is 11.3 Å². The maximum absolute atomic E-state index is 6.66. The van der Waals surface area contributed by atoms with Gasteiger partial charge in [-0.2, -0.15) is 0 Å². The average molecular weight is 618 g/mol. The molecule has 0 radical (unpaired) electrons. The fourth-order valence-electron chi connectivity index (χ4n) is 7.23. The molecule has 0 bridgehead atoms. The summed E-state index contributed by atoms with van der Waals surface area (Å²) in [5, 5.41) is 9.67. The minimum absolute atomic E-state index is 0.884. The van der Waals surface area contributed by atoms with Crippen LogP contribution in [0.4, 0.5) is 17.1 Å². The van der Waals surface area contributed by atoms with E-state index in [1.165, 1.54) is 47.5 Å². The zero-order chi connectivity index (χ0) is 30.9. The van der Waals surface area contributed by atoms with Gasteiger partial charge in [-0.3, -0.25) is 0 Å². The smallest absolute Gasteiger partial charge is 0.143 e. The van der Waals surface area contributed by atoms with Crippen molar-refractivity contribution in [1.29, 1.82) is 0 Å². The van der Waals surface area contributed by atoms with Gasteiger partial charge in [-0.05, 0) is 69.8 Å². The Morgan fingerprint density at radius 2 is 1.11 bits per heavy atom. The van der Waals surface area contributed by atoms with Crippen molar-refractivity contribution in [1.82, 2.24) is 0 Å². The van der Waals surface area contributed by atoms with Crippen LogP contribution in [-0.4, -0.2) is 0 Å². The lowest BCUT2D eigenvalue weighted by Gasteiger charge is -2.26. The van der Waals surface area contributed by atoms with E-state index in [0.29, 0.717) is 0 Å². The molecule has 47 heavy (non-hydrogen) atoms. The highest BCUT2D eigenvalue weighted by atomic mass is 32.1. The first-order chi connectivity index (χ1) is 23.3. The van der Waals surface area contributed by atoms with E-state index in [0.717, 1.165) is 44.4 Å². The molecule has 2 heterocycles. The predicted octanol–water partition coefficient (Wildman–Crippen LogP) is 13.4. The molecule has 8 aromatic carbocycles. The molecule has 0 aliphatic heterocycles. The van der Waals surface area contributed by atoms with E-state index in [4.69, 9.17) is 4.42 Å². The third-order valence-electron chi connectivity index (χ3n) is 9.46. The van der Waals surface area contributed by atoms with Gasteiger partial charge in [0.15, 0.2) is 0 Å². The summed E-state index contributed by atoms with van der Waals surface area (Å²) in [6.07, 6.45) is 0. The van der Waals surface area contributed by atoms with Crippen molar-refractivity contribution < 1.29 is 4.42 Å². The van der Waals surface area contributed by atoms with Gasteiger partial charge in [0.25, 0.3) is 0 Å². The second-order valence-corrected chi connectivity index (χ2v) is 13.2. The van der Waals surface area contributed by atoms with E-state index < -0.39 is 0 Å². The Bertz CT molecular complexity index is 2800. The van der Waals surface area contributed by atoms with Crippen LogP contribution in [0.15, 0.2) is 168 Å². The Morgan fingerprint density at radius 1 is 0.447 bits per heavy atom. The molecule has 0 aliphatic carbocycles. The first kappa shape index (κ1) is 26.3. The largest absolute Gasteiger partial charge is 0.455 e. The van der Waals surface area contributed by atoms with Gasteiger partial charge in [-0.1, -0.05) is 115 Å². The lowest BCUT2D eigenvalue weighted by atomic mass is 9.98. The van der Waals surface area contributed by atoms with Crippen molar-refractivity contribution in [2.75, 3.05) is 4.90 Å². The van der Waals surface area contributed by atoms with Crippen LogP contribution < -0.4 is 4.90 Å². The molecule has 0 N–H and O–H groups in total. The molecule has 10 rings (SSSR count). The number of fused-ring (bicyclic) bond motifs is 9. The topological polar surface area (TPSA) is 16.4 Å². The van der Waals surface area contributed by atoms with E-state index in [1.54, 1.807) is 0 Å². The Balaban J connectivity index is 1.19. The highest BCUT2D eigenvalue weighted by Gasteiger charge is 2.20. The van der Waals surface area contributed by atoms with E-state index in [2.05, 4.69) is 169 Å². The van der Waals surface area contributed by atoms with Gasteiger partial charge >= 0.3 is 0 Å². The Kier molecular flexibility index (Phi) is 5.78.